The van der Waals surface area contributed by atoms with Gasteiger partial charge in [0.25, 0.3) is 0 Å². The Morgan fingerprint density at radius 3 is 2.42 bits per heavy atom. The second kappa shape index (κ2) is 15.4. The van der Waals surface area contributed by atoms with Crippen LogP contribution in [0.3, 0.4) is 0 Å². The van der Waals surface area contributed by atoms with E-state index in [0.29, 0.717) is 17.1 Å². The number of carbonyl (C=O) groups excluding carboxylic acids is 2. The maximum atomic E-state index is 13.1. The minimum atomic E-state index is -5.03. The average molecular weight is 709 g/mol. The van der Waals surface area contributed by atoms with Crippen LogP contribution in [-0.4, -0.2) is 62.0 Å². The first-order valence-electron chi connectivity index (χ1n) is 16.5. The van der Waals surface area contributed by atoms with Gasteiger partial charge < -0.3 is 29.4 Å². The fourth-order valence-electron chi connectivity index (χ4n) is 6.48. The molecule has 5 atom stereocenters. The van der Waals surface area contributed by atoms with Crippen LogP contribution in [0, 0.1) is 5.92 Å². The molecule has 1 aromatic heterocycles. The quantitative estimate of drug-likeness (QED) is 0.186. The third-order valence-electron chi connectivity index (χ3n) is 9.30. The molecule has 50 heavy (non-hydrogen) atoms. The first-order chi connectivity index (χ1) is 24.0. The highest BCUT2D eigenvalue weighted by molar-refractivity contribution is 7.99. The number of aryl methyl sites for hydroxylation is 1. The molecule has 3 heterocycles. The Hall–Kier alpha value is -4.17. The van der Waals surface area contributed by atoms with E-state index in [1.165, 1.54) is 0 Å². The Labute approximate surface area is 292 Å². The lowest BCUT2D eigenvalue weighted by Gasteiger charge is -2.41. The van der Waals surface area contributed by atoms with E-state index in [-0.39, 0.29) is 44.2 Å². The number of amides is 2. The van der Waals surface area contributed by atoms with Crippen molar-refractivity contribution in [1.29, 1.82) is 0 Å². The summed E-state index contributed by atoms with van der Waals surface area (Å²) in [7, 11) is 1.95. The van der Waals surface area contributed by atoms with Crippen LogP contribution in [0.4, 0.5) is 13.2 Å². The Kier molecular flexibility index (Phi) is 11.0. The first kappa shape index (κ1) is 35.6. The van der Waals surface area contributed by atoms with Gasteiger partial charge in [0.2, 0.25) is 5.91 Å². The van der Waals surface area contributed by atoms with Crippen LogP contribution < -0.4 is 5.32 Å². The summed E-state index contributed by atoms with van der Waals surface area (Å²) in [6, 6.07) is 21.9. The minimum absolute atomic E-state index is 0.0169. The van der Waals surface area contributed by atoms with Crippen molar-refractivity contribution < 1.29 is 37.3 Å². The van der Waals surface area contributed by atoms with Crippen molar-refractivity contribution in [2.75, 3.05) is 12.3 Å². The number of nitrogens with zero attached hydrogens (tertiary/aromatic N) is 3. The molecule has 264 valence electrons. The third kappa shape index (κ3) is 7.91. The Balaban J connectivity index is 1.18. The van der Waals surface area contributed by atoms with Crippen LogP contribution in [-0.2, 0) is 39.3 Å². The number of aromatic nitrogens is 2. The number of imidazole rings is 1. The molecule has 0 aliphatic carbocycles. The second-order valence-electron chi connectivity index (χ2n) is 12.6. The molecular formula is C37H39F3N4O5S. The van der Waals surface area contributed by atoms with Gasteiger partial charge >= 0.3 is 12.1 Å². The molecule has 2 fully saturated rings. The molecule has 0 radical (unpaired) electrons. The molecule has 13 heteroatoms. The number of benzene rings is 3. The van der Waals surface area contributed by atoms with Gasteiger partial charge in [-0.3, -0.25) is 9.59 Å². The van der Waals surface area contributed by atoms with E-state index in [0.717, 1.165) is 38.5 Å². The molecular weight excluding hydrogens is 669 g/mol. The molecule has 0 spiro atoms. The summed E-state index contributed by atoms with van der Waals surface area (Å²) < 4.78 is 54.4. The number of alkyl halides is 3. The van der Waals surface area contributed by atoms with E-state index in [1.54, 1.807) is 18.0 Å². The van der Waals surface area contributed by atoms with Crippen molar-refractivity contribution in [3.05, 3.63) is 107 Å². The number of rotatable bonds is 10. The number of aliphatic hydroxyl groups excluding tert-OH is 1. The average Bonchev–Trinajstić information content (AvgIpc) is 3.79. The highest BCUT2D eigenvalue weighted by Gasteiger charge is 2.47. The zero-order valence-corrected chi connectivity index (χ0v) is 28.5. The van der Waals surface area contributed by atoms with E-state index in [4.69, 9.17) is 9.47 Å². The maximum absolute atomic E-state index is 13.1. The number of ether oxygens (including phenoxy) is 2. The third-order valence-corrected chi connectivity index (χ3v) is 10.4. The van der Waals surface area contributed by atoms with Gasteiger partial charge in [0.15, 0.2) is 11.4 Å². The Bertz CT molecular complexity index is 1780. The molecule has 9 nitrogen and oxygen atoms in total. The molecule has 2 amide bonds. The second-order valence-corrected chi connectivity index (χ2v) is 13.6. The fourth-order valence-corrected chi connectivity index (χ4v) is 7.57. The molecule has 0 unspecified atom stereocenters. The van der Waals surface area contributed by atoms with Crippen LogP contribution in [0.25, 0.3) is 11.1 Å². The molecule has 0 bridgehead atoms. The monoisotopic (exact) mass is 708 g/mol. The lowest BCUT2D eigenvalue weighted by molar-refractivity contribution is -0.268. The molecule has 6 rings (SSSR count). The number of aliphatic hydroxyl groups is 1. The molecule has 3 aromatic carbocycles. The van der Waals surface area contributed by atoms with Gasteiger partial charge in [0, 0.05) is 49.8 Å². The normalized spacial score (nSPS) is 22.4. The number of hydrogen-bond donors (Lipinski definition) is 2. The summed E-state index contributed by atoms with van der Waals surface area (Å²) in [6.07, 6.45) is -1.93. The first-order valence-corrected chi connectivity index (χ1v) is 17.5. The number of nitrogens with one attached hydrogen (secondary N) is 1. The lowest BCUT2D eigenvalue weighted by atomic mass is 9.91. The van der Waals surface area contributed by atoms with Gasteiger partial charge in [-0.25, -0.2) is 4.98 Å². The topological polar surface area (TPSA) is 106 Å². The number of hydrogen-bond acceptors (Lipinski definition) is 7. The van der Waals surface area contributed by atoms with Gasteiger partial charge in [-0.1, -0.05) is 91.5 Å². The molecule has 2 saturated heterocycles. The molecule has 0 saturated carbocycles. The Morgan fingerprint density at radius 1 is 1.02 bits per heavy atom. The molecule has 2 aliphatic heterocycles. The van der Waals surface area contributed by atoms with Crippen molar-refractivity contribution in [3.63, 3.8) is 0 Å². The number of carbonyl (C=O) groups is 2. The predicted octanol–water partition coefficient (Wildman–Crippen LogP) is 6.33. The Morgan fingerprint density at radius 2 is 1.74 bits per heavy atom. The van der Waals surface area contributed by atoms with Crippen molar-refractivity contribution in [3.8, 4) is 11.1 Å². The summed E-state index contributed by atoms with van der Waals surface area (Å²) in [5.41, 5.74) is 5.13. The maximum Gasteiger partial charge on any atom is 0.471 e. The van der Waals surface area contributed by atoms with E-state index >= 15 is 0 Å². The van der Waals surface area contributed by atoms with E-state index in [2.05, 4.69) is 17.2 Å². The largest absolute Gasteiger partial charge is 0.471 e. The van der Waals surface area contributed by atoms with Gasteiger partial charge in [0.05, 0.1) is 18.8 Å². The van der Waals surface area contributed by atoms with Gasteiger partial charge in [-0.05, 0) is 40.7 Å². The zero-order valence-electron chi connectivity index (χ0n) is 27.7. The standard InChI is InChI=1S/C37H39F3N4O5S/c1-23-31(22-50-36-41-17-19-43(36)2)48-34(49-32(23)26-11-9-24(21-45)10-12-26)27-15-13-25(14-16-27)29-7-4-3-6-28(29)20-42-33(46)30-8-5-18-44(30)35(47)37(38,39)40/h3-4,6-7,9-17,19,23,30-32,34,45H,5,8,18,20-22H2,1-2H3,(H,42,46)/t23-,30-,31+,32+,34+/m0/s1. The van der Waals surface area contributed by atoms with Crippen LogP contribution in [0.1, 0.15) is 54.4 Å². The van der Waals surface area contributed by atoms with Crippen LogP contribution in [0.15, 0.2) is 90.3 Å². The summed E-state index contributed by atoms with van der Waals surface area (Å²) in [6.45, 7) is 2.05. The van der Waals surface area contributed by atoms with Crippen LogP contribution in [0.2, 0.25) is 0 Å². The van der Waals surface area contributed by atoms with Gasteiger partial charge in [-0.15, -0.1) is 0 Å². The number of likely N-dealkylation sites (tertiary alicyclic amines) is 1. The minimum Gasteiger partial charge on any atom is -0.392 e. The molecule has 2 N–H and O–H groups in total. The summed E-state index contributed by atoms with van der Waals surface area (Å²) in [4.78, 5) is 29.9. The SMILES string of the molecule is C[C@H]1[C@@H](CSc2nccn2C)O[C@@H](c2ccc(-c3ccccc3CNC(=O)[C@@H]3CCCN3C(=O)C(F)(F)F)cc2)O[C@H]1c1ccc(CO)cc1. The molecule has 4 aromatic rings. The fraction of sp³-hybridized carbons (Fsp3) is 0.378. The van der Waals surface area contributed by atoms with E-state index < -0.39 is 30.3 Å². The smallest absolute Gasteiger partial charge is 0.392 e. The van der Waals surface area contributed by atoms with Gasteiger partial charge in [0.1, 0.15) is 6.04 Å². The van der Waals surface area contributed by atoms with Crippen molar-refractivity contribution in [2.24, 2.45) is 13.0 Å². The zero-order chi connectivity index (χ0) is 35.4. The van der Waals surface area contributed by atoms with E-state index in [1.807, 2.05) is 90.6 Å². The van der Waals surface area contributed by atoms with Crippen molar-refractivity contribution in [2.45, 2.75) is 68.8 Å². The summed E-state index contributed by atoms with van der Waals surface area (Å²) in [5, 5.41) is 13.2. The molecule has 2 aliphatic rings. The summed E-state index contributed by atoms with van der Waals surface area (Å²) >= 11 is 1.62. The number of thioether (sulfide) groups is 1. The van der Waals surface area contributed by atoms with Crippen LogP contribution in [0.5, 0.6) is 0 Å². The van der Waals surface area contributed by atoms with Crippen molar-refractivity contribution in [1.82, 2.24) is 19.8 Å². The number of halogens is 3. The predicted molar refractivity (Wildman–Crippen MR) is 181 cm³/mol. The highest BCUT2D eigenvalue weighted by Crippen LogP contribution is 2.43. The summed E-state index contributed by atoms with van der Waals surface area (Å²) in [5.74, 6) is -1.91. The van der Waals surface area contributed by atoms with Crippen molar-refractivity contribution >= 4 is 23.6 Å². The van der Waals surface area contributed by atoms with E-state index in [9.17, 15) is 27.9 Å². The van der Waals surface area contributed by atoms with Crippen LogP contribution >= 0.6 is 11.8 Å². The lowest BCUT2D eigenvalue weighted by Crippen LogP contribution is -2.50. The van der Waals surface area contributed by atoms with Gasteiger partial charge in [-0.2, -0.15) is 13.2 Å². The highest BCUT2D eigenvalue weighted by atomic mass is 32.2.